The molecule has 18 heavy (non-hydrogen) atoms. The first kappa shape index (κ1) is 11.7. The second-order valence-corrected chi connectivity index (χ2v) is 5.34. The van der Waals surface area contributed by atoms with Crippen molar-refractivity contribution >= 4 is 12.1 Å². The van der Waals surface area contributed by atoms with Gasteiger partial charge in [-0.3, -0.25) is 14.4 Å². The van der Waals surface area contributed by atoms with Gasteiger partial charge in [-0.05, 0) is 26.3 Å². The molecule has 3 heterocycles. The van der Waals surface area contributed by atoms with E-state index in [9.17, 15) is 4.79 Å². The molecule has 0 amide bonds. The first-order valence-corrected chi connectivity index (χ1v) is 6.68. The van der Waals surface area contributed by atoms with E-state index in [1.165, 1.54) is 19.4 Å². The lowest BCUT2D eigenvalue weighted by molar-refractivity contribution is 0.112. The molecule has 1 aromatic heterocycles. The number of carbonyl (C=O) groups excluding carboxylic acids is 1. The summed E-state index contributed by atoms with van der Waals surface area (Å²) in [5.41, 5.74) is 1.58. The lowest BCUT2D eigenvalue weighted by Gasteiger charge is -2.38. The van der Waals surface area contributed by atoms with Gasteiger partial charge in [-0.1, -0.05) is 0 Å². The molecule has 2 fully saturated rings. The molecule has 0 aromatic carbocycles. The molecule has 2 aliphatic heterocycles. The smallest absolute Gasteiger partial charge is 0.155 e. The molecule has 1 aromatic rings. The van der Waals surface area contributed by atoms with Gasteiger partial charge in [0.25, 0.3) is 0 Å². The Kier molecular flexibility index (Phi) is 2.86. The van der Waals surface area contributed by atoms with Crippen LogP contribution in [-0.2, 0) is 7.05 Å². The van der Waals surface area contributed by atoms with E-state index < -0.39 is 0 Å². The summed E-state index contributed by atoms with van der Waals surface area (Å²) in [6, 6.07) is 0.661. The fourth-order valence-corrected chi connectivity index (χ4v) is 3.36. The van der Waals surface area contributed by atoms with Crippen molar-refractivity contribution in [2.45, 2.75) is 25.8 Å². The molecule has 5 heteroatoms. The Hall–Kier alpha value is -1.36. The minimum atomic E-state index is 0.661. The summed E-state index contributed by atoms with van der Waals surface area (Å²) in [5.74, 6) is 0.994. The minimum absolute atomic E-state index is 0.661. The Bertz CT molecular complexity index is 468. The normalized spacial score (nSPS) is 24.3. The van der Waals surface area contributed by atoms with Gasteiger partial charge in [-0.25, -0.2) is 0 Å². The third-order valence-corrected chi connectivity index (χ3v) is 4.24. The van der Waals surface area contributed by atoms with Gasteiger partial charge < -0.3 is 4.90 Å². The Labute approximate surface area is 107 Å². The highest BCUT2D eigenvalue weighted by atomic mass is 16.1. The van der Waals surface area contributed by atoms with E-state index >= 15 is 0 Å². The van der Waals surface area contributed by atoms with Crippen molar-refractivity contribution in [3.05, 3.63) is 11.3 Å². The summed E-state index contributed by atoms with van der Waals surface area (Å²) < 4.78 is 1.85. The zero-order chi connectivity index (χ0) is 12.7. The minimum Gasteiger partial charge on any atom is -0.353 e. The Balaban J connectivity index is 1.89. The summed E-state index contributed by atoms with van der Waals surface area (Å²) in [7, 11) is 1.93. The predicted octanol–water partition coefficient (Wildman–Crippen LogP) is 0.825. The highest BCUT2D eigenvalue weighted by molar-refractivity contribution is 5.84. The molecule has 0 radical (unpaired) electrons. The topological polar surface area (TPSA) is 41.4 Å². The van der Waals surface area contributed by atoms with Gasteiger partial charge in [0, 0.05) is 32.7 Å². The molecule has 0 N–H and O–H groups in total. The van der Waals surface area contributed by atoms with Crippen LogP contribution in [-0.4, -0.2) is 53.2 Å². The number of anilines is 1. The number of aldehydes is 1. The van der Waals surface area contributed by atoms with Crippen molar-refractivity contribution in [3.8, 4) is 0 Å². The number of aromatic nitrogens is 2. The molecule has 1 unspecified atom stereocenters. The van der Waals surface area contributed by atoms with Gasteiger partial charge >= 0.3 is 0 Å². The average molecular weight is 248 g/mol. The number of piperazine rings is 1. The van der Waals surface area contributed by atoms with Crippen LogP contribution in [0.2, 0.25) is 0 Å². The van der Waals surface area contributed by atoms with E-state index in [-0.39, 0.29) is 0 Å². The third-order valence-electron chi connectivity index (χ3n) is 4.24. The van der Waals surface area contributed by atoms with E-state index in [4.69, 9.17) is 0 Å². The van der Waals surface area contributed by atoms with Crippen LogP contribution >= 0.6 is 0 Å². The molecule has 0 saturated carbocycles. The van der Waals surface area contributed by atoms with Gasteiger partial charge in [-0.2, -0.15) is 5.10 Å². The Morgan fingerprint density at radius 2 is 2.17 bits per heavy atom. The van der Waals surface area contributed by atoms with Crippen LogP contribution in [0.4, 0.5) is 5.82 Å². The van der Waals surface area contributed by atoms with Gasteiger partial charge in [0.1, 0.15) is 5.82 Å². The number of nitrogens with zero attached hydrogens (tertiary/aromatic N) is 4. The molecule has 0 spiro atoms. The van der Waals surface area contributed by atoms with Gasteiger partial charge in [0.05, 0.1) is 11.3 Å². The second kappa shape index (κ2) is 4.39. The summed E-state index contributed by atoms with van der Waals surface area (Å²) in [6.07, 6.45) is 3.53. The summed E-state index contributed by atoms with van der Waals surface area (Å²) in [4.78, 5) is 16.1. The molecular weight excluding hydrogens is 228 g/mol. The van der Waals surface area contributed by atoms with Crippen molar-refractivity contribution in [3.63, 3.8) is 0 Å². The highest BCUT2D eigenvalue weighted by Gasteiger charge is 2.32. The predicted molar refractivity (Wildman–Crippen MR) is 70.1 cm³/mol. The van der Waals surface area contributed by atoms with Crippen LogP contribution in [0.5, 0.6) is 0 Å². The number of hydrogen-bond acceptors (Lipinski definition) is 4. The van der Waals surface area contributed by atoms with Crippen molar-refractivity contribution < 1.29 is 4.79 Å². The molecule has 98 valence electrons. The van der Waals surface area contributed by atoms with Crippen molar-refractivity contribution in [2.24, 2.45) is 7.05 Å². The number of carbonyl (C=O) groups is 1. The number of fused-ring (bicyclic) bond motifs is 1. The molecule has 0 aliphatic carbocycles. The molecule has 5 nitrogen and oxygen atoms in total. The second-order valence-electron chi connectivity index (χ2n) is 5.34. The summed E-state index contributed by atoms with van der Waals surface area (Å²) >= 11 is 0. The number of rotatable bonds is 2. The van der Waals surface area contributed by atoms with Crippen molar-refractivity contribution in [1.82, 2.24) is 14.7 Å². The lowest BCUT2D eigenvalue weighted by atomic mass is 10.1. The molecule has 3 rings (SSSR count). The highest BCUT2D eigenvalue weighted by Crippen LogP contribution is 2.27. The average Bonchev–Trinajstić information content (AvgIpc) is 2.91. The quantitative estimate of drug-likeness (QED) is 0.727. The van der Waals surface area contributed by atoms with Gasteiger partial charge in [0.2, 0.25) is 0 Å². The van der Waals surface area contributed by atoms with Crippen LogP contribution in [0.25, 0.3) is 0 Å². The van der Waals surface area contributed by atoms with Crippen LogP contribution in [0.3, 0.4) is 0 Å². The standard InChI is InChI=1S/C13H20N4O/c1-10-12(9-18)13(15(2)14-10)17-7-6-16-5-3-4-11(16)8-17/h9,11H,3-8H2,1-2H3. The maximum atomic E-state index is 11.2. The van der Waals surface area contributed by atoms with E-state index in [1.807, 2.05) is 18.7 Å². The fraction of sp³-hybridized carbons (Fsp3) is 0.692. The Morgan fingerprint density at radius 3 is 2.94 bits per heavy atom. The maximum Gasteiger partial charge on any atom is 0.155 e. The molecule has 2 aliphatic rings. The monoisotopic (exact) mass is 248 g/mol. The Morgan fingerprint density at radius 1 is 1.33 bits per heavy atom. The van der Waals surface area contributed by atoms with Crippen LogP contribution in [0.1, 0.15) is 28.9 Å². The van der Waals surface area contributed by atoms with Crippen LogP contribution in [0, 0.1) is 6.92 Å². The SMILES string of the molecule is Cc1nn(C)c(N2CCN3CCCC3C2)c1C=O. The number of aryl methyl sites for hydroxylation is 2. The van der Waals surface area contributed by atoms with Crippen LogP contribution in [0.15, 0.2) is 0 Å². The van der Waals surface area contributed by atoms with Crippen molar-refractivity contribution in [1.29, 1.82) is 0 Å². The first-order chi connectivity index (χ1) is 8.70. The lowest BCUT2D eigenvalue weighted by Crippen LogP contribution is -2.50. The fourth-order valence-electron chi connectivity index (χ4n) is 3.36. The molecule has 0 bridgehead atoms. The summed E-state index contributed by atoms with van der Waals surface area (Å²) in [5, 5.41) is 4.37. The third kappa shape index (κ3) is 1.73. The first-order valence-electron chi connectivity index (χ1n) is 6.68. The molecular formula is C13H20N4O. The van der Waals surface area contributed by atoms with E-state index in [0.29, 0.717) is 6.04 Å². The molecule has 2 saturated heterocycles. The van der Waals surface area contributed by atoms with E-state index in [0.717, 1.165) is 43.0 Å². The van der Waals surface area contributed by atoms with E-state index in [2.05, 4.69) is 14.9 Å². The van der Waals surface area contributed by atoms with Gasteiger partial charge in [0.15, 0.2) is 6.29 Å². The maximum absolute atomic E-state index is 11.2. The number of hydrogen-bond donors (Lipinski definition) is 0. The summed E-state index contributed by atoms with van der Waals surface area (Å²) in [6.45, 7) is 6.27. The van der Waals surface area contributed by atoms with Crippen LogP contribution < -0.4 is 4.90 Å². The zero-order valence-electron chi connectivity index (χ0n) is 11.1. The zero-order valence-corrected chi connectivity index (χ0v) is 11.1. The largest absolute Gasteiger partial charge is 0.353 e. The molecule has 1 atom stereocenters. The van der Waals surface area contributed by atoms with Crippen molar-refractivity contribution in [2.75, 3.05) is 31.1 Å². The van der Waals surface area contributed by atoms with Gasteiger partial charge in [-0.15, -0.1) is 0 Å². The van der Waals surface area contributed by atoms with E-state index in [1.54, 1.807) is 0 Å².